The van der Waals surface area contributed by atoms with Gasteiger partial charge in [0.1, 0.15) is 0 Å². The Balaban J connectivity index is 3.26. The SMILES string of the molecule is CCCCCC(C)CP(P)PP. The summed E-state index contributed by atoms with van der Waals surface area (Å²) in [6, 6.07) is 0. The molecular formula is C8H22P4. The maximum absolute atomic E-state index is 3.01. The average Bonchev–Trinajstić information content (AvgIpc) is 2.05. The number of rotatable bonds is 7. The molecule has 0 fully saturated rings. The minimum absolute atomic E-state index is 0.269. The second kappa shape index (κ2) is 9.28. The molecule has 0 aliphatic carbocycles. The van der Waals surface area contributed by atoms with Gasteiger partial charge in [0.05, 0.1) is 0 Å². The van der Waals surface area contributed by atoms with Crippen molar-refractivity contribution in [3.8, 4) is 0 Å². The second-order valence-corrected chi connectivity index (χ2v) is 13.2. The summed E-state index contributed by atoms with van der Waals surface area (Å²) in [5.41, 5.74) is 0. The van der Waals surface area contributed by atoms with E-state index < -0.39 is 0 Å². The fourth-order valence-corrected chi connectivity index (χ4v) is 5.46. The zero-order chi connectivity index (χ0) is 9.40. The van der Waals surface area contributed by atoms with Gasteiger partial charge in [0.25, 0.3) is 0 Å². The van der Waals surface area contributed by atoms with Gasteiger partial charge in [-0.15, -0.1) is 17.9 Å². The molecule has 0 nitrogen and oxygen atoms in total. The van der Waals surface area contributed by atoms with Crippen molar-refractivity contribution in [1.29, 1.82) is 0 Å². The summed E-state index contributed by atoms with van der Waals surface area (Å²) in [5, 5.41) is 0. The molecule has 0 aliphatic heterocycles. The summed E-state index contributed by atoms with van der Waals surface area (Å²) < 4.78 is 0. The van der Waals surface area contributed by atoms with Gasteiger partial charge in [0.15, 0.2) is 0 Å². The van der Waals surface area contributed by atoms with E-state index in [9.17, 15) is 0 Å². The van der Waals surface area contributed by atoms with Crippen molar-refractivity contribution in [2.24, 2.45) is 5.92 Å². The normalized spacial score (nSPS) is 17.0. The van der Waals surface area contributed by atoms with Crippen LogP contribution in [-0.2, 0) is 0 Å². The molecule has 5 unspecified atom stereocenters. The molecule has 0 aromatic heterocycles. The van der Waals surface area contributed by atoms with E-state index in [2.05, 4.69) is 31.7 Å². The van der Waals surface area contributed by atoms with Crippen LogP contribution in [0, 0.1) is 5.92 Å². The highest BCUT2D eigenvalue weighted by Gasteiger charge is 2.05. The van der Waals surface area contributed by atoms with Crippen LogP contribution in [-0.4, -0.2) is 6.16 Å². The maximum atomic E-state index is 3.01. The number of unbranched alkanes of at least 4 members (excludes halogenated alkanes) is 2. The molecule has 0 rings (SSSR count). The number of hydrogen-bond acceptors (Lipinski definition) is 0. The first kappa shape index (κ1) is 13.7. The van der Waals surface area contributed by atoms with Crippen molar-refractivity contribution in [2.75, 3.05) is 6.16 Å². The van der Waals surface area contributed by atoms with Gasteiger partial charge in [-0.25, -0.2) is 0 Å². The average molecular weight is 242 g/mol. The van der Waals surface area contributed by atoms with Gasteiger partial charge in [-0.2, -0.15) is 0 Å². The molecule has 0 bridgehead atoms. The predicted octanol–water partition coefficient (Wildman–Crippen LogP) is 4.86. The lowest BCUT2D eigenvalue weighted by Crippen LogP contribution is -1.96. The Labute approximate surface area is 85.1 Å². The zero-order valence-electron chi connectivity index (χ0n) is 8.21. The Morgan fingerprint density at radius 2 is 2.08 bits per heavy atom. The molecule has 0 radical (unpaired) electrons. The first-order valence-electron chi connectivity index (χ1n) is 4.69. The van der Waals surface area contributed by atoms with Gasteiger partial charge in [-0.05, 0) is 12.1 Å². The first-order valence-corrected chi connectivity index (χ1v) is 11.5. The summed E-state index contributed by atoms with van der Waals surface area (Å²) in [6.07, 6.45) is 7.10. The Kier molecular flexibility index (Phi) is 10.6. The Bertz CT molecular complexity index is 97.1. The summed E-state index contributed by atoms with van der Waals surface area (Å²) >= 11 is 0. The van der Waals surface area contributed by atoms with Gasteiger partial charge in [-0.3, -0.25) is 0 Å². The molecule has 0 saturated heterocycles. The van der Waals surface area contributed by atoms with E-state index in [1.54, 1.807) is 0 Å². The van der Waals surface area contributed by atoms with Crippen LogP contribution in [0.3, 0.4) is 0 Å². The third-order valence-corrected chi connectivity index (χ3v) is 12.5. The molecule has 4 heteroatoms. The molecule has 0 aromatic rings. The van der Waals surface area contributed by atoms with Crippen LogP contribution in [0.25, 0.3) is 0 Å². The van der Waals surface area contributed by atoms with Crippen molar-refractivity contribution in [1.82, 2.24) is 0 Å². The monoisotopic (exact) mass is 242 g/mol. The lowest BCUT2D eigenvalue weighted by atomic mass is 10.1. The summed E-state index contributed by atoms with van der Waals surface area (Å²) in [4.78, 5) is 0. The highest BCUT2D eigenvalue weighted by molar-refractivity contribution is 8.61. The highest BCUT2D eigenvalue weighted by atomic mass is 32.6. The maximum Gasteiger partial charge on any atom is -0.0226 e. The highest BCUT2D eigenvalue weighted by Crippen LogP contribution is 2.66. The third-order valence-electron chi connectivity index (χ3n) is 1.97. The Morgan fingerprint density at radius 3 is 2.58 bits per heavy atom. The third kappa shape index (κ3) is 8.32. The van der Waals surface area contributed by atoms with E-state index in [1.165, 1.54) is 31.8 Å². The lowest BCUT2D eigenvalue weighted by molar-refractivity contribution is 0.540. The van der Waals surface area contributed by atoms with Crippen molar-refractivity contribution in [2.45, 2.75) is 39.5 Å². The number of hydrogen-bond donors (Lipinski definition) is 0. The summed E-state index contributed by atoms with van der Waals surface area (Å²) in [7, 11) is 7.23. The minimum atomic E-state index is 0.269. The topological polar surface area (TPSA) is 0 Å². The fourth-order valence-electron chi connectivity index (χ4n) is 1.22. The molecule has 12 heavy (non-hydrogen) atoms. The van der Waals surface area contributed by atoms with E-state index in [4.69, 9.17) is 0 Å². The van der Waals surface area contributed by atoms with Gasteiger partial charge in [0.2, 0.25) is 0 Å². The van der Waals surface area contributed by atoms with Crippen molar-refractivity contribution in [3.05, 3.63) is 0 Å². The molecule has 0 amide bonds. The predicted molar refractivity (Wildman–Crippen MR) is 72.8 cm³/mol. The first-order chi connectivity index (χ1) is 5.70. The molecule has 0 spiro atoms. The van der Waals surface area contributed by atoms with Gasteiger partial charge < -0.3 is 0 Å². The van der Waals surface area contributed by atoms with Crippen molar-refractivity contribution < 1.29 is 0 Å². The molecule has 0 heterocycles. The molecule has 0 saturated carbocycles. The smallest absolute Gasteiger partial charge is 0.0226 e. The van der Waals surface area contributed by atoms with Crippen LogP contribution in [0.2, 0.25) is 0 Å². The van der Waals surface area contributed by atoms with E-state index >= 15 is 0 Å². The molecule has 74 valence electrons. The zero-order valence-corrected chi connectivity index (χ0v) is 12.4. The van der Waals surface area contributed by atoms with Crippen LogP contribution in [0.1, 0.15) is 39.5 Å². The van der Waals surface area contributed by atoms with Gasteiger partial charge in [0, 0.05) is 0 Å². The molecule has 5 atom stereocenters. The fraction of sp³-hybridized carbons (Fsp3) is 1.00. The molecule has 0 aromatic carbocycles. The van der Waals surface area contributed by atoms with Gasteiger partial charge >= 0.3 is 0 Å². The Morgan fingerprint density at radius 1 is 1.42 bits per heavy atom. The van der Waals surface area contributed by atoms with Crippen LogP contribution in [0.15, 0.2) is 0 Å². The lowest BCUT2D eigenvalue weighted by Gasteiger charge is -2.15. The van der Waals surface area contributed by atoms with Crippen LogP contribution >= 0.6 is 33.1 Å². The van der Waals surface area contributed by atoms with Crippen LogP contribution in [0.4, 0.5) is 0 Å². The summed E-state index contributed by atoms with van der Waals surface area (Å²) in [5.74, 6) is 0.952. The van der Waals surface area contributed by atoms with Gasteiger partial charge in [-0.1, -0.05) is 54.8 Å². The summed E-state index contributed by atoms with van der Waals surface area (Å²) in [6.45, 7) is 4.68. The van der Waals surface area contributed by atoms with Crippen LogP contribution < -0.4 is 0 Å². The van der Waals surface area contributed by atoms with Crippen molar-refractivity contribution >= 4 is 33.1 Å². The quantitative estimate of drug-likeness (QED) is 0.441. The largest absolute Gasteiger partial charge is 0.110 e. The van der Waals surface area contributed by atoms with E-state index in [1.807, 2.05) is 0 Å². The van der Waals surface area contributed by atoms with E-state index in [-0.39, 0.29) is 7.30 Å². The minimum Gasteiger partial charge on any atom is -0.110 e. The standard InChI is InChI=1S/C8H22P4/c1-3-4-5-6-8(2)7-12(10)11-9/h8,11H,3-7,9-10H2,1-2H3. The Hall–Kier alpha value is 1.72. The molecule has 0 N–H and O–H groups in total. The van der Waals surface area contributed by atoms with Crippen molar-refractivity contribution in [3.63, 3.8) is 0 Å². The molecular weight excluding hydrogens is 220 g/mol. The molecule has 0 aliphatic rings. The second-order valence-electron chi connectivity index (χ2n) is 3.38. The van der Waals surface area contributed by atoms with E-state index in [0.717, 1.165) is 13.9 Å². The van der Waals surface area contributed by atoms with E-state index in [0.29, 0.717) is 0 Å². The van der Waals surface area contributed by atoms with Crippen LogP contribution in [0.5, 0.6) is 0 Å².